The number of ether oxygens (including phenoxy) is 1. The first-order valence-electron chi connectivity index (χ1n) is 4.43. The quantitative estimate of drug-likeness (QED) is 0.652. The van der Waals surface area contributed by atoms with Crippen LogP contribution < -0.4 is 0 Å². The molecule has 3 rings (SSSR count). The highest BCUT2D eigenvalue weighted by Gasteiger charge is 2.34. The third-order valence-electron chi connectivity index (χ3n) is 2.32. The van der Waals surface area contributed by atoms with Gasteiger partial charge in [0, 0.05) is 10.8 Å². The number of esters is 1. The number of aromatic nitrogens is 2. The average Bonchev–Trinajstić information content (AvgIpc) is 2.87. The first-order valence-corrected chi connectivity index (χ1v) is 4.43. The summed E-state index contributed by atoms with van der Waals surface area (Å²) < 4.78 is 10.0. The van der Waals surface area contributed by atoms with E-state index in [1.807, 2.05) is 12.1 Å². The molecule has 1 unspecified atom stereocenters. The Hall–Kier alpha value is -2.17. The van der Waals surface area contributed by atoms with Gasteiger partial charge in [0.25, 0.3) is 0 Å². The minimum atomic E-state index is -0.510. The maximum atomic E-state index is 11.5. The van der Waals surface area contributed by atoms with Gasteiger partial charge in [0.15, 0.2) is 6.10 Å². The number of cyclic esters (lactones) is 1. The highest BCUT2D eigenvalue weighted by atomic mass is 16.6. The van der Waals surface area contributed by atoms with Gasteiger partial charge < -0.3 is 9.26 Å². The Balaban J connectivity index is 2.13. The van der Waals surface area contributed by atoms with Crippen molar-refractivity contribution >= 4 is 5.97 Å². The van der Waals surface area contributed by atoms with Crippen LogP contribution in [-0.2, 0) is 4.74 Å². The van der Waals surface area contributed by atoms with Gasteiger partial charge in [-0.15, -0.1) is 5.10 Å². The number of hydrogen-bond acceptors (Lipinski definition) is 5. The van der Waals surface area contributed by atoms with Crippen molar-refractivity contribution in [2.24, 2.45) is 0 Å². The van der Waals surface area contributed by atoms with Crippen LogP contribution in [0.5, 0.6) is 0 Å². The number of carbonyl (C=O) groups excluding carboxylic acids is 1. The normalized spacial score (nSPS) is 18.7. The molecule has 2 aromatic rings. The number of rotatable bonds is 1. The molecule has 0 N–H and O–H groups in total. The van der Waals surface area contributed by atoms with E-state index in [1.54, 1.807) is 12.1 Å². The van der Waals surface area contributed by atoms with Crippen LogP contribution in [0.2, 0.25) is 0 Å². The van der Waals surface area contributed by atoms with Crippen LogP contribution in [0.1, 0.15) is 27.8 Å². The van der Waals surface area contributed by atoms with Crippen LogP contribution in [-0.4, -0.2) is 16.3 Å². The molecule has 74 valence electrons. The third kappa shape index (κ3) is 1.13. The Bertz CT molecular complexity index is 507. The van der Waals surface area contributed by atoms with E-state index in [2.05, 4.69) is 10.4 Å². The minimum absolute atomic E-state index is 0.341. The topological polar surface area (TPSA) is 65.2 Å². The lowest BCUT2D eigenvalue weighted by atomic mass is 10.0. The number of carbonyl (C=O) groups is 1. The molecule has 15 heavy (non-hydrogen) atoms. The van der Waals surface area contributed by atoms with Gasteiger partial charge in [0.05, 0.1) is 11.8 Å². The highest BCUT2D eigenvalue weighted by Crippen LogP contribution is 2.34. The van der Waals surface area contributed by atoms with Crippen LogP contribution in [0.25, 0.3) is 0 Å². The van der Waals surface area contributed by atoms with Crippen molar-refractivity contribution in [1.29, 1.82) is 0 Å². The van der Waals surface area contributed by atoms with E-state index < -0.39 is 6.10 Å². The molecule has 0 radical (unpaired) electrons. The van der Waals surface area contributed by atoms with E-state index in [0.29, 0.717) is 11.3 Å². The molecule has 0 saturated heterocycles. The second kappa shape index (κ2) is 2.91. The van der Waals surface area contributed by atoms with Crippen molar-refractivity contribution in [2.45, 2.75) is 6.10 Å². The highest BCUT2D eigenvalue weighted by molar-refractivity contribution is 5.94. The van der Waals surface area contributed by atoms with Gasteiger partial charge in [0.1, 0.15) is 0 Å². The van der Waals surface area contributed by atoms with Crippen LogP contribution in [0, 0.1) is 0 Å². The first kappa shape index (κ1) is 8.16. The molecule has 1 aliphatic heterocycles. The van der Waals surface area contributed by atoms with Crippen molar-refractivity contribution in [3.63, 3.8) is 0 Å². The van der Waals surface area contributed by atoms with Crippen molar-refractivity contribution in [2.75, 3.05) is 0 Å². The number of benzene rings is 1. The van der Waals surface area contributed by atoms with Gasteiger partial charge in [-0.25, -0.2) is 4.79 Å². The fourth-order valence-corrected chi connectivity index (χ4v) is 1.65. The van der Waals surface area contributed by atoms with E-state index in [9.17, 15) is 4.79 Å². The molecular formula is C10H6N2O3. The Labute approximate surface area is 84.6 Å². The molecular weight excluding hydrogens is 196 g/mol. The second-order valence-electron chi connectivity index (χ2n) is 3.19. The van der Waals surface area contributed by atoms with E-state index in [4.69, 9.17) is 9.26 Å². The summed E-state index contributed by atoms with van der Waals surface area (Å²) in [7, 11) is 0. The molecule has 0 bridgehead atoms. The summed E-state index contributed by atoms with van der Waals surface area (Å²) in [6.45, 7) is 0. The number of fused-ring (bicyclic) bond motifs is 1. The maximum absolute atomic E-state index is 11.5. The monoisotopic (exact) mass is 202 g/mol. The summed E-state index contributed by atoms with van der Waals surface area (Å²) >= 11 is 0. The zero-order chi connectivity index (χ0) is 10.3. The Morgan fingerprint density at radius 1 is 1.27 bits per heavy atom. The number of nitrogens with zero attached hydrogens (tertiary/aromatic N) is 2. The summed E-state index contributed by atoms with van der Waals surface area (Å²) in [6, 6.07) is 7.19. The summed E-state index contributed by atoms with van der Waals surface area (Å²) in [5.41, 5.74) is 1.36. The SMILES string of the molecule is O=C1OC(c2cnno2)c2ccccc21. The lowest BCUT2D eigenvalue weighted by molar-refractivity contribution is 0.0409. The van der Waals surface area contributed by atoms with E-state index in [0.717, 1.165) is 5.56 Å². The molecule has 5 heteroatoms. The summed E-state index contributed by atoms with van der Waals surface area (Å²) in [5, 5.41) is 6.91. The van der Waals surface area contributed by atoms with Crippen LogP contribution >= 0.6 is 0 Å². The van der Waals surface area contributed by atoms with Crippen LogP contribution in [0.3, 0.4) is 0 Å². The fraction of sp³-hybridized carbons (Fsp3) is 0.100. The fourth-order valence-electron chi connectivity index (χ4n) is 1.65. The average molecular weight is 202 g/mol. The molecule has 0 amide bonds. The van der Waals surface area contributed by atoms with Gasteiger partial charge in [-0.05, 0) is 6.07 Å². The summed E-state index contributed by atoms with van der Waals surface area (Å²) in [6.07, 6.45) is 0.934. The molecule has 1 aromatic carbocycles. The van der Waals surface area contributed by atoms with Crippen molar-refractivity contribution in [3.05, 3.63) is 47.3 Å². The zero-order valence-corrected chi connectivity index (χ0v) is 7.58. The van der Waals surface area contributed by atoms with E-state index >= 15 is 0 Å². The molecule has 1 aromatic heterocycles. The van der Waals surface area contributed by atoms with Crippen molar-refractivity contribution in [3.8, 4) is 0 Å². The van der Waals surface area contributed by atoms with Gasteiger partial charge >= 0.3 is 5.97 Å². The molecule has 1 atom stereocenters. The third-order valence-corrected chi connectivity index (χ3v) is 2.32. The van der Waals surface area contributed by atoms with Gasteiger partial charge in [0.2, 0.25) is 5.76 Å². The molecule has 2 heterocycles. The molecule has 0 fully saturated rings. The Morgan fingerprint density at radius 2 is 2.13 bits per heavy atom. The number of hydrogen-bond donors (Lipinski definition) is 0. The first-order chi connectivity index (χ1) is 7.36. The maximum Gasteiger partial charge on any atom is 0.339 e. The Morgan fingerprint density at radius 3 is 2.93 bits per heavy atom. The van der Waals surface area contributed by atoms with Crippen molar-refractivity contribution in [1.82, 2.24) is 10.4 Å². The zero-order valence-electron chi connectivity index (χ0n) is 7.58. The van der Waals surface area contributed by atoms with Crippen LogP contribution in [0.4, 0.5) is 0 Å². The summed E-state index contributed by atoms with van der Waals surface area (Å²) in [4.78, 5) is 11.5. The van der Waals surface area contributed by atoms with E-state index in [1.165, 1.54) is 6.20 Å². The molecule has 0 saturated carbocycles. The molecule has 0 aliphatic carbocycles. The van der Waals surface area contributed by atoms with Gasteiger partial charge in [-0.2, -0.15) is 0 Å². The largest absolute Gasteiger partial charge is 0.445 e. The predicted octanol–water partition coefficient (Wildman–Crippen LogP) is 1.33. The molecule has 5 nitrogen and oxygen atoms in total. The van der Waals surface area contributed by atoms with E-state index in [-0.39, 0.29) is 5.97 Å². The minimum Gasteiger partial charge on any atom is -0.445 e. The second-order valence-corrected chi connectivity index (χ2v) is 3.19. The van der Waals surface area contributed by atoms with Gasteiger partial charge in [-0.1, -0.05) is 18.2 Å². The smallest absolute Gasteiger partial charge is 0.339 e. The predicted molar refractivity (Wildman–Crippen MR) is 48.0 cm³/mol. The summed E-state index contributed by atoms with van der Waals surface area (Å²) in [5.74, 6) is 0.0975. The molecule has 0 spiro atoms. The lowest BCUT2D eigenvalue weighted by Crippen LogP contribution is -1.99. The van der Waals surface area contributed by atoms with Crippen molar-refractivity contribution < 1.29 is 14.1 Å². The Kier molecular flexibility index (Phi) is 1.58. The standard InChI is InChI=1S/C10H6N2O3/c13-10-7-4-2-1-3-6(7)9(14-10)8-5-11-12-15-8/h1-5,9H. The van der Waals surface area contributed by atoms with Gasteiger partial charge in [-0.3, -0.25) is 0 Å². The van der Waals surface area contributed by atoms with Crippen LogP contribution in [0.15, 0.2) is 35.0 Å². The molecule has 1 aliphatic rings. The lowest BCUT2D eigenvalue weighted by Gasteiger charge is -2.04.